The third kappa shape index (κ3) is 8.50. The summed E-state index contributed by atoms with van der Waals surface area (Å²) in [4.78, 5) is 116. The number of fused-ring (bicyclic) bond motifs is 5. The molecule has 0 radical (unpaired) electrons. The first-order chi connectivity index (χ1) is 31.7. The summed E-state index contributed by atoms with van der Waals surface area (Å²) in [6.07, 6.45) is -11.0. The van der Waals surface area contributed by atoms with Crippen molar-refractivity contribution in [3.8, 4) is 0 Å². The average molecular weight is 930 g/mol. The van der Waals surface area contributed by atoms with Gasteiger partial charge in [0.1, 0.15) is 42.0 Å². The summed E-state index contributed by atoms with van der Waals surface area (Å²) >= 11 is 0. The van der Waals surface area contributed by atoms with Crippen LogP contribution in [0.15, 0.2) is 79.0 Å². The standard InChI is InChI=1S/C48H51NO18/c1-25-20-21-33-32(19-14-22-49-33)44(57)60-23-45(6)34-35(61-27(3)51)39(63-29(5)53)47(24-59-26(2)50)40(66-43(56)31-17-12-9-13-18-31)36(64-42(55)30-15-10-8-11-16-30)38(65-41(25)54)46(7,58)48(47,67-45)37(34)62-28(4)52/h8-19,22,25,34-40,58H,20-21,23-24H2,1-7H3/t25-,34+,35+,36-,37+,38-,39+,40-,45-,46-,47+,48-/m0/s1. The van der Waals surface area contributed by atoms with Crippen molar-refractivity contribution in [2.75, 3.05) is 13.2 Å². The summed E-state index contributed by atoms with van der Waals surface area (Å²) < 4.78 is 56.5. The number of hydrogen-bond acceptors (Lipinski definition) is 19. The first-order valence-electron chi connectivity index (χ1n) is 21.6. The van der Waals surface area contributed by atoms with Gasteiger partial charge in [-0.15, -0.1) is 0 Å². The van der Waals surface area contributed by atoms with E-state index in [0.29, 0.717) is 0 Å². The van der Waals surface area contributed by atoms with Gasteiger partial charge < -0.3 is 47.7 Å². The zero-order valence-electron chi connectivity index (χ0n) is 37.8. The monoisotopic (exact) mass is 929 g/mol. The van der Waals surface area contributed by atoms with Crippen molar-refractivity contribution in [2.24, 2.45) is 17.3 Å². The molecule has 1 N–H and O–H groups in total. The maximum atomic E-state index is 14.7. The van der Waals surface area contributed by atoms with Crippen molar-refractivity contribution in [3.05, 3.63) is 101 Å². The maximum Gasteiger partial charge on any atom is 0.340 e. The van der Waals surface area contributed by atoms with Crippen LogP contribution in [0.25, 0.3) is 0 Å². The van der Waals surface area contributed by atoms with Crippen molar-refractivity contribution in [3.63, 3.8) is 0 Å². The number of rotatable bonds is 9. The average Bonchev–Trinajstić information content (AvgIpc) is 3.50. The molecule has 1 spiro atoms. The molecule has 2 aromatic carbocycles. The lowest BCUT2D eigenvalue weighted by molar-refractivity contribution is -0.384. The van der Waals surface area contributed by atoms with Crippen molar-refractivity contribution in [1.82, 2.24) is 4.98 Å². The highest BCUT2D eigenvalue weighted by Crippen LogP contribution is 2.70. The number of hydrogen-bond donors (Lipinski definition) is 1. The van der Waals surface area contributed by atoms with E-state index in [-0.39, 0.29) is 35.2 Å². The van der Waals surface area contributed by atoms with Gasteiger partial charge in [0.15, 0.2) is 30.0 Å². The van der Waals surface area contributed by atoms with Crippen LogP contribution in [0.5, 0.6) is 0 Å². The number of nitrogens with zero attached hydrogens (tertiary/aromatic N) is 1. The Labute approximate surface area is 384 Å². The Morgan fingerprint density at radius 3 is 1.87 bits per heavy atom. The van der Waals surface area contributed by atoms with Crippen LogP contribution in [0.1, 0.15) is 91.7 Å². The zero-order valence-corrected chi connectivity index (χ0v) is 37.8. The normalized spacial score (nSPS) is 33.2. The predicted molar refractivity (Wildman–Crippen MR) is 225 cm³/mol. The molecule has 12 atom stereocenters. The van der Waals surface area contributed by atoms with Gasteiger partial charge in [0.05, 0.1) is 34.2 Å². The second-order valence-electron chi connectivity index (χ2n) is 17.6. The van der Waals surface area contributed by atoms with Crippen molar-refractivity contribution in [1.29, 1.82) is 0 Å². The Bertz CT molecular complexity index is 2440. The molecular formula is C48H51NO18. The van der Waals surface area contributed by atoms with Crippen LogP contribution in [-0.2, 0) is 73.0 Å². The van der Waals surface area contributed by atoms with Gasteiger partial charge >= 0.3 is 47.8 Å². The summed E-state index contributed by atoms with van der Waals surface area (Å²) in [5.74, 6) is -10.9. The molecule has 4 bridgehead atoms. The van der Waals surface area contributed by atoms with Crippen LogP contribution < -0.4 is 0 Å². The Morgan fingerprint density at radius 2 is 1.28 bits per heavy atom. The van der Waals surface area contributed by atoms with Crippen LogP contribution >= 0.6 is 0 Å². The summed E-state index contributed by atoms with van der Waals surface area (Å²) in [7, 11) is 0. The highest BCUT2D eigenvalue weighted by molar-refractivity contribution is 5.91. The molecule has 3 aromatic rings. The number of aryl methyl sites for hydroxylation is 1. The van der Waals surface area contributed by atoms with Crippen LogP contribution in [0, 0.1) is 17.3 Å². The lowest BCUT2D eigenvalue weighted by Crippen LogP contribution is -2.89. The molecule has 3 heterocycles. The van der Waals surface area contributed by atoms with Gasteiger partial charge in [0.2, 0.25) is 0 Å². The molecule has 19 heteroatoms. The van der Waals surface area contributed by atoms with Gasteiger partial charge in [-0.1, -0.05) is 43.3 Å². The van der Waals surface area contributed by atoms with E-state index in [1.54, 1.807) is 12.1 Å². The third-order valence-electron chi connectivity index (χ3n) is 13.0. The van der Waals surface area contributed by atoms with E-state index in [2.05, 4.69) is 4.98 Å². The molecule has 67 heavy (non-hydrogen) atoms. The summed E-state index contributed by atoms with van der Waals surface area (Å²) in [6, 6.07) is 17.9. The fraction of sp³-hybridized carbons (Fsp3) is 0.479. The number of benzene rings is 2. The lowest BCUT2D eigenvalue weighted by atomic mass is 9.45. The minimum atomic E-state index is -2.90. The number of pyridine rings is 1. The maximum absolute atomic E-state index is 14.7. The topological polar surface area (TPSA) is 253 Å². The number of esters is 8. The van der Waals surface area contributed by atoms with Gasteiger partial charge in [-0.2, -0.15) is 0 Å². The van der Waals surface area contributed by atoms with Gasteiger partial charge in [0, 0.05) is 33.9 Å². The quantitative estimate of drug-likeness (QED) is 0.238. The van der Waals surface area contributed by atoms with Gasteiger partial charge in [-0.25, -0.2) is 14.4 Å². The number of cyclic esters (lactones) is 1. The zero-order chi connectivity index (χ0) is 48.6. The minimum Gasteiger partial charge on any atom is -0.465 e. The first-order valence-corrected chi connectivity index (χ1v) is 21.6. The van der Waals surface area contributed by atoms with E-state index >= 15 is 0 Å². The molecule has 2 aliphatic heterocycles. The highest BCUT2D eigenvalue weighted by Gasteiger charge is 2.92. The van der Waals surface area contributed by atoms with Gasteiger partial charge in [-0.3, -0.25) is 29.0 Å². The molecule has 7 rings (SSSR count). The fourth-order valence-electron chi connectivity index (χ4n) is 10.3. The van der Waals surface area contributed by atoms with E-state index in [0.717, 1.165) is 34.6 Å². The predicted octanol–water partition coefficient (Wildman–Crippen LogP) is 3.45. The highest BCUT2D eigenvalue weighted by atomic mass is 16.7. The molecule has 3 fully saturated rings. The summed E-state index contributed by atoms with van der Waals surface area (Å²) in [5.41, 5.74) is -10.4. The van der Waals surface area contributed by atoms with E-state index in [4.69, 9.17) is 42.6 Å². The Hall–Kier alpha value is -6.73. The molecule has 0 amide bonds. The summed E-state index contributed by atoms with van der Waals surface area (Å²) in [6.45, 7) is 6.17. The Morgan fingerprint density at radius 1 is 0.716 bits per heavy atom. The molecule has 19 nitrogen and oxygen atoms in total. The number of carbonyl (C=O) groups is 8. The molecule has 2 aliphatic carbocycles. The van der Waals surface area contributed by atoms with Crippen molar-refractivity contribution in [2.45, 2.75) is 115 Å². The van der Waals surface area contributed by atoms with Crippen LogP contribution in [0.4, 0.5) is 0 Å². The van der Waals surface area contributed by atoms with Crippen molar-refractivity contribution >= 4 is 47.8 Å². The lowest BCUT2D eigenvalue weighted by Gasteiger charge is -2.67. The number of ether oxygens (including phenoxy) is 9. The van der Waals surface area contributed by atoms with Crippen LogP contribution in [-0.4, -0.2) is 124 Å². The third-order valence-corrected chi connectivity index (χ3v) is 13.0. The molecule has 2 saturated carbocycles. The molecular weight excluding hydrogens is 879 g/mol. The van der Waals surface area contributed by atoms with Crippen LogP contribution in [0.3, 0.4) is 0 Å². The first kappa shape index (κ1) is 48.2. The van der Waals surface area contributed by atoms with E-state index in [1.807, 2.05) is 0 Å². The van der Waals surface area contributed by atoms with Crippen molar-refractivity contribution < 1.29 is 86.1 Å². The second-order valence-corrected chi connectivity index (χ2v) is 17.6. The fourth-order valence-corrected chi connectivity index (χ4v) is 10.3. The molecule has 1 saturated heterocycles. The number of aromatic nitrogens is 1. The van der Waals surface area contributed by atoms with Gasteiger partial charge in [0.25, 0.3) is 0 Å². The molecule has 356 valence electrons. The Balaban J connectivity index is 1.63. The van der Waals surface area contributed by atoms with Gasteiger partial charge in [-0.05, 0) is 63.1 Å². The number of aliphatic hydroxyl groups is 1. The van der Waals surface area contributed by atoms with E-state index in [1.165, 1.54) is 80.7 Å². The SMILES string of the molecule is CC(=O)OC[C@]12[C@H](OC(C)=O)[C@H](OC(C)=O)[C@@H]3[C@@H](OC(C)=O)[C@@]14O[C@@]3(C)COC(=O)c1cccnc1CC[C@H](C)C(=O)O[C@@H]([C@H](OC(=O)c1ccccc1)[C@@H]2OC(=O)c1ccccc1)[C@]4(C)O. The second kappa shape index (κ2) is 18.5. The Kier molecular flexibility index (Phi) is 13.3. The minimum absolute atomic E-state index is 0.0123. The molecule has 0 unspecified atom stereocenters. The molecule has 1 aromatic heterocycles. The summed E-state index contributed by atoms with van der Waals surface area (Å²) in [5, 5.41) is 13.9. The van der Waals surface area contributed by atoms with E-state index in [9.17, 15) is 43.5 Å². The largest absolute Gasteiger partial charge is 0.465 e. The number of carbonyl (C=O) groups excluding carboxylic acids is 8. The molecule has 4 aliphatic rings. The van der Waals surface area contributed by atoms with Crippen LogP contribution in [0.2, 0.25) is 0 Å². The van der Waals surface area contributed by atoms with E-state index < -0.39 is 132 Å². The smallest absolute Gasteiger partial charge is 0.340 e.